The van der Waals surface area contributed by atoms with E-state index in [0.29, 0.717) is 11.8 Å². The second-order valence-electron chi connectivity index (χ2n) is 3.59. The second-order valence-corrected chi connectivity index (χ2v) is 4.96. The van der Waals surface area contributed by atoms with Crippen LogP contribution in [0.15, 0.2) is 29.2 Å². The summed E-state index contributed by atoms with van der Waals surface area (Å²) in [5, 5.41) is 3.20. The summed E-state index contributed by atoms with van der Waals surface area (Å²) >= 11 is 1.78. The van der Waals surface area contributed by atoms with Gasteiger partial charge in [-0.05, 0) is 30.7 Å². The lowest BCUT2D eigenvalue weighted by atomic mass is 10.3. The summed E-state index contributed by atoms with van der Waals surface area (Å²) in [6.45, 7) is 4.33. The van der Waals surface area contributed by atoms with Gasteiger partial charge in [-0.3, -0.25) is 4.79 Å². The molecule has 0 saturated carbocycles. The van der Waals surface area contributed by atoms with Gasteiger partial charge in [0, 0.05) is 29.3 Å². The number of benzene rings is 1. The lowest BCUT2D eigenvalue weighted by molar-refractivity contribution is -0.114. The van der Waals surface area contributed by atoms with Crippen molar-refractivity contribution in [3.05, 3.63) is 24.3 Å². The lowest BCUT2D eigenvalue weighted by Crippen LogP contribution is -2.15. The highest BCUT2D eigenvalue weighted by Gasteiger charge is 2.05. The molecular weight excluding hydrogens is 220 g/mol. The molecule has 1 aromatic carbocycles. The van der Waals surface area contributed by atoms with E-state index in [2.05, 4.69) is 12.2 Å². The molecule has 3 nitrogen and oxygen atoms in total. The molecule has 0 saturated heterocycles. The summed E-state index contributed by atoms with van der Waals surface area (Å²) in [7, 11) is 0. The van der Waals surface area contributed by atoms with Gasteiger partial charge in [-0.15, -0.1) is 11.8 Å². The van der Waals surface area contributed by atoms with Gasteiger partial charge in [0.25, 0.3) is 0 Å². The summed E-state index contributed by atoms with van der Waals surface area (Å²) in [6.07, 6.45) is 1.06. The fraction of sp³-hybridized carbons (Fsp3) is 0.417. The van der Waals surface area contributed by atoms with Crippen molar-refractivity contribution in [3.63, 3.8) is 0 Å². The number of hydrogen-bond donors (Lipinski definition) is 2. The number of thioether (sulfide) groups is 1. The number of anilines is 1. The van der Waals surface area contributed by atoms with E-state index >= 15 is 0 Å². The van der Waals surface area contributed by atoms with Crippen molar-refractivity contribution in [1.82, 2.24) is 0 Å². The van der Waals surface area contributed by atoms with Gasteiger partial charge in [-0.25, -0.2) is 0 Å². The van der Waals surface area contributed by atoms with Gasteiger partial charge in [0.1, 0.15) is 0 Å². The van der Waals surface area contributed by atoms with Crippen molar-refractivity contribution in [2.45, 2.75) is 30.4 Å². The minimum absolute atomic E-state index is 0.0474. The van der Waals surface area contributed by atoms with E-state index in [1.165, 1.54) is 11.8 Å². The first-order chi connectivity index (χ1) is 7.65. The highest BCUT2D eigenvalue weighted by molar-refractivity contribution is 8.00. The Kier molecular flexibility index (Phi) is 5.35. The highest BCUT2D eigenvalue weighted by atomic mass is 32.2. The van der Waals surface area contributed by atoms with Crippen molar-refractivity contribution in [1.29, 1.82) is 0 Å². The first-order valence-electron chi connectivity index (χ1n) is 5.40. The molecule has 1 amide bonds. The van der Waals surface area contributed by atoms with Crippen LogP contribution in [-0.4, -0.2) is 17.7 Å². The van der Waals surface area contributed by atoms with E-state index in [0.717, 1.165) is 12.1 Å². The lowest BCUT2D eigenvalue weighted by Gasteiger charge is -2.11. The van der Waals surface area contributed by atoms with Crippen LogP contribution in [0.4, 0.5) is 5.69 Å². The molecule has 0 aliphatic heterocycles. The molecule has 1 aromatic rings. The van der Waals surface area contributed by atoms with Crippen molar-refractivity contribution >= 4 is 23.4 Å². The Morgan fingerprint density at radius 3 is 2.50 bits per heavy atom. The third-order valence-electron chi connectivity index (χ3n) is 2.20. The normalized spacial score (nSPS) is 12.2. The largest absolute Gasteiger partial charge is 0.329 e. The molecule has 0 bridgehead atoms. The molecule has 88 valence electrons. The molecule has 4 heteroatoms. The van der Waals surface area contributed by atoms with E-state index in [9.17, 15) is 4.79 Å². The molecule has 0 spiro atoms. The minimum atomic E-state index is -0.0474. The van der Waals surface area contributed by atoms with Crippen molar-refractivity contribution < 1.29 is 4.79 Å². The maximum Gasteiger partial charge on any atom is 0.221 e. The molecule has 3 N–H and O–H groups in total. The maximum atomic E-state index is 10.8. The number of carbonyl (C=O) groups is 1. The summed E-state index contributed by atoms with van der Waals surface area (Å²) in [4.78, 5) is 12.0. The van der Waals surface area contributed by atoms with Crippen LogP contribution in [-0.2, 0) is 4.79 Å². The van der Waals surface area contributed by atoms with E-state index in [1.807, 2.05) is 24.3 Å². The summed E-state index contributed by atoms with van der Waals surface area (Å²) in [5.41, 5.74) is 6.48. The predicted molar refractivity (Wildman–Crippen MR) is 69.7 cm³/mol. The molecule has 0 heterocycles. The van der Waals surface area contributed by atoms with Gasteiger partial charge >= 0.3 is 0 Å². The van der Waals surface area contributed by atoms with Crippen LogP contribution >= 0.6 is 11.8 Å². The Labute approximate surface area is 101 Å². The zero-order chi connectivity index (χ0) is 12.0. The van der Waals surface area contributed by atoms with Crippen LogP contribution in [0.25, 0.3) is 0 Å². The standard InChI is InChI=1S/C12H18N2OS/c1-3-11(8-13)16-12-6-4-10(5-7-12)14-9(2)15/h4-7,11H,3,8,13H2,1-2H3,(H,14,15). The summed E-state index contributed by atoms with van der Waals surface area (Å²) in [6, 6.07) is 7.84. The first kappa shape index (κ1) is 13.1. The highest BCUT2D eigenvalue weighted by Crippen LogP contribution is 2.25. The average Bonchev–Trinajstić information content (AvgIpc) is 2.27. The SMILES string of the molecule is CCC(CN)Sc1ccc(NC(C)=O)cc1. The first-order valence-corrected chi connectivity index (χ1v) is 6.28. The van der Waals surface area contributed by atoms with Crippen LogP contribution in [0.2, 0.25) is 0 Å². The van der Waals surface area contributed by atoms with E-state index in [4.69, 9.17) is 5.73 Å². The molecule has 0 aliphatic carbocycles. The van der Waals surface area contributed by atoms with E-state index in [1.54, 1.807) is 11.8 Å². The van der Waals surface area contributed by atoms with E-state index in [-0.39, 0.29) is 5.91 Å². The van der Waals surface area contributed by atoms with Crippen LogP contribution in [0.5, 0.6) is 0 Å². The molecule has 1 rings (SSSR count). The number of nitrogens with one attached hydrogen (secondary N) is 1. The van der Waals surface area contributed by atoms with Crippen LogP contribution in [0, 0.1) is 0 Å². The monoisotopic (exact) mass is 238 g/mol. The third kappa shape index (κ3) is 4.24. The smallest absolute Gasteiger partial charge is 0.221 e. The second kappa shape index (κ2) is 6.55. The minimum Gasteiger partial charge on any atom is -0.329 e. The van der Waals surface area contributed by atoms with Gasteiger partial charge in [-0.2, -0.15) is 0 Å². The van der Waals surface area contributed by atoms with Crippen molar-refractivity contribution in [2.24, 2.45) is 5.73 Å². The van der Waals surface area contributed by atoms with Gasteiger partial charge < -0.3 is 11.1 Å². The predicted octanol–water partition coefficient (Wildman–Crippen LogP) is 2.47. The quantitative estimate of drug-likeness (QED) is 0.775. The van der Waals surface area contributed by atoms with Crippen LogP contribution in [0.3, 0.4) is 0 Å². The number of amides is 1. The third-order valence-corrected chi connectivity index (χ3v) is 3.60. The summed E-state index contributed by atoms with van der Waals surface area (Å²) in [5.74, 6) is -0.0474. The Morgan fingerprint density at radius 2 is 2.06 bits per heavy atom. The van der Waals surface area contributed by atoms with Crippen molar-refractivity contribution in [3.8, 4) is 0 Å². The van der Waals surface area contributed by atoms with Gasteiger partial charge in [0.2, 0.25) is 5.91 Å². The van der Waals surface area contributed by atoms with Crippen LogP contribution < -0.4 is 11.1 Å². The summed E-state index contributed by atoms with van der Waals surface area (Å²) < 4.78 is 0. The molecule has 0 radical (unpaired) electrons. The fourth-order valence-electron chi connectivity index (χ4n) is 1.31. The Bertz CT molecular complexity index is 333. The Morgan fingerprint density at radius 1 is 1.44 bits per heavy atom. The van der Waals surface area contributed by atoms with Gasteiger partial charge in [0.15, 0.2) is 0 Å². The zero-order valence-electron chi connectivity index (χ0n) is 9.69. The molecule has 16 heavy (non-hydrogen) atoms. The molecule has 0 aliphatic rings. The molecular formula is C12H18N2OS. The topological polar surface area (TPSA) is 55.1 Å². The maximum absolute atomic E-state index is 10.8. The Hall–Kier alpha value is -1.00. The van der Waals surface area contributed by atoms with Crippen molar-refractivity contribution in [2.75, 3.05) is 11.9 Å². The Balaban J connectivity index is 2.60. The number of hydrogen-bond acceptors (Lipinski definition) is 3. The van der Waals surface area contributed by atoms with Crippen LogP contribution in [0.1, 0.15) is 20.3 Å². The number of carbonyl (C=O) groups excluding carboxylic acids is 1. The average molecular weight is 238 g/mol. The molecule has 0 aromatic heterocycles. The zero-order valence-corrected chi connectivity index (χ0v) is 10.5. The number of nitrogens with two attached hydrogens (primary N) is 1. The van der Waals surface area contributed by atoms with Gasteiger partial charge in [-0.1, -0.05) is 6.92 Å². The molecule has 0 fully saturated rings. The van der Waals surface area contributed by atoms with Gasteiger partial charge in [0.05, 0.1) is 0 Å². The fourth-order valence-corrected chi connectivity index (χ4v) is 2.25. The van der Waals surface area contributed by atoms with E-state index < -0.39 is 0 Å². The molecule has 1 atom stereocenters. The molecule has 1 unspecified atom stereocenters. The number of rotatable bonds is 5.